The summed E-state index contributed by atoms with van der Waals surface area (Å²) in [6.07, 6.45) is 4.25. The molecule has 3 nitrogen and oxygen atoms in total. The number of rotatable bonds is 5. The van der Waals surface area contributed by atoms with E-state index in [1.54, 1.807) is 0 Å². The van der Waals surface area contributed by atoms with Crippen LogP contribution in [0.3, 0.4) is 0 Å². The largest absolute Gasteiger partial charge is 0.385 e. The van der Waals surface area contributed by atoms with E-state index in [0.717, 1.165) is 50.9 Å². The van der Waals surface area contributed by atoms with Crippen molar-refractivity contribution in [3.63, 3.8) is 0 Å². The summed E-state index contributed by atoms with van der Waals surface area (Å²) < 4.78 is 0. The molecule has 0 spiro atoms. The van der Waals surface area contributed by atoms with Gasteiger partial charge in [0.15, 0.2) is 0 Å². The van der Waals surface area contributed by atoms with Gasteiger partial charge in [-0.15, -0.1) is 0 Å². The summed E-state index contributed by atoms with van der Waals surface area (Å²) in [4.78, 5) is 14.5. The van der Waals surface area contributed by atoms with Crippen LogP contribution in [-0.2, 0) is 6.42 Å². The number of benzene rings is 1. The van der Waals surface area contributed by atoms with Gasteiger partial charge in [-0.3, -0.25) is 4.79 Å². The fourth-order valence-electron chi connectivity index (χ4n) is 2.65. The zero-order valence-electron chi connectivity index (χ0n) is 12.0. The van der Waals surface area contributed by atoms with Crippen LogP contribution < -0.4 is 5.32 Å². The molecule has 1 amide bonds. The van der Waals surface area contributed by atoms with Gasteiger partial charge in [-0.1, -0.05) is 13.8 Å². The van der Waals surface area contributed by atoms with Crippen LogP contribution in [0.15, 0.2) is 18.2 Å². The Morgan fingerprint density at radius 2 is 2.00 bits per heavy atom. The lowest BCUT2D eigenvalue weighted by molar-refractivity contribution is 0.0755. The van der Waals surface area contributed by atoms with Crippen molar-refractivity contribution >= 4 is 11.6 Å². The molecule has 0 fully saturated rings. The minimum Gasteiger partial charge on any atom is -0.385 e. The molecule has 1 aliphatic heterocycles. The number of carbonyl (C=O) groups is 1. The summed E-state index contributed by atoms with van der Waals surface area (Å²) in [5, 5.41) is 3.38. The Morgan fingerprint density at radius 3 is 2.68 bits per heavy atom. The van der Waals surface area contributed by atoms with Crippen LogP contribution in [0, 0.1) is 0 Å². The summed E-state index contributed by atoms with van der Waals surface area (Å²) in [5.41, 5.74) is 3.31. The van der Waals surface area contributed by atoms with Crippen LogP contribution in [0.5, 0.6) is 0 Å². The molecule has 104 valence electrons. The number of aryl methyl sites for hydroxylation is 1. The first kappa shape index (κ1) is 13.9. The molecule has 2 rings (SSSR count). The first-order valence-electron chi connectivity index (χ1n) is 7.42. The van der Waals surface area contributed by atoms with E-state index in [-0.39, 0.29) is 5.91 Å². The van der Waals surface area contributed by atoms with Gasteiger partial charge in [-0.25, -0.2) is 0 Å². The summed E-state index contributed by atoms with van der Waals surface area (Å²) in [6, 6.07) is 6.08. The lowest BCUT2D eigenvalue weighted by atomic mass is 10.0. The number of amides is 1. The minimum atomic E-state index is 0.178. The van der Waals surface area contributed by atoms with Crippen molar-refractivity contribution in [2.75, 3.05) is 25.0 Å². The maximum absolute atomic E-state index is 12.5. The third kappa shape index (κ3) is 3.28. The Kier molecular flexibility index (Phi) is 4.83. The second kappa shape index (κ2) is 6.60. The molecular formula is C16H24N2O. The van der Waals surface area contributed by atoms with Crippen LogP contribution in [-0.4, -0.2) is 30.4 Å². The molecule has 1 aromatic carbocycles. The fourth-order valence-corrected chi connectivity index (χ4v) is 2.65. The molecule has 19 heavy (non-hydrogen) atoms. The van der Waals surface area contributed by atoms with Gasteiger partial charge in [0.05, 0.1) is 0 Å². The lowest BCUT2D eigenvalue weighted by Crippen LogP contribution is -2.32. The number of nitrogens with one attached hydrogen (secondary N) is 1. The van der Waals surface area contributed by atoms with E-state index in [0.29, 0.717) is 0 Å². The summed E-state index contributed by atoms with van der Waals surface area (Å²) >= 11 is 0. The van der Waals surface area contributed by atoms with Crippen LogP contribution in [0.1, 0.15) is 49.0 Å². The fraction of sp³-hybridized carbons (Fsp3) is 0.562. The highest BCUT2D eigenvalue weighted by Crippen LogP contribution is 2.23. The van der Waals surface area contributed by atoms with E-state index in [9.17, 15) is 4.79 Å². The van der Waals surface area contributed by atoms with Gasteiger partial charge in [0.2, 0.25) is 0 Å². The van der Waals surface area contributed by atoms with Crippen LogP contribution in [0.25, 0.3) is 0 Å². The maximum Gasteiger partial charge on any atom is 0.253 e. The molecule has 1 aromatic rings. The van der Waals surface area contributed by atoms with Gasteiger partial charge in [0, 0.05) is 30.9 Å². The predicted molar refractivity (Wildman–Crippen MR) is 79.7 cm³/mol. The Hall–Kier alpha value is -1.51. The van der Waals surface area contributed by atoms with Gasteiger partial charge in [-0.2, -0.15) is 0 Å². The highest BCUT2D eigenvalue weighted by atomic mass is 16.2. The van der Waals surface area contributed by atoms with E-state index >= 15 is 0 Å². The van der Waals surface area contributed by atoms with Gasteiger partial charge < -0.3 is 10.2 Å². The standard InChI is InChI=1S/C16H24N2O/c1-3-10-18(11-4-2)16(19)14-7-8-15-13(12-14)6-5-9-17-15/h7-8,12,17H,3-6,9-11H2,1-2H3. The van der Waals surface area contributed by atoms with E-state index in [1.165, 1.54) is 11.3 Å². The Labute approximate surface area is 116 Å². The summed E-state index contributed by atoms with van der Waals surface area (Å²) in [6.45, 7) is 6.97. The Bertz CT molecular complexity index is 436. The van der Waals surface area contributed by atoms with E-state index in [1.807, 2.05) is 11.0 Å². The highest BCUT2D eigenvalue weighted by Gasteiger charge is 2.16. The molecule has 1 heterocycles. The average Bonchev–Trinajstić information content (AvgIpc) is 2.46. The summed E-state index contributed by atoms with van der Waals surface area (Å²) in [7, 11) is 0. The second-order valence-corrected chi connectivity index (χ2v) is 5.19. The van der Waals surface area contributed by atoms with Crippen LogP contribution in [0.2, 0.25) is 0 Å². The van der Waals surface area contributed by atoms with Gasteiger partial charge in [-0.05, 0) is 49.4 Å². The van der Waals surface area contributed by atoms with Gasteiger partial charge in [0.1, 0.15) is 0 Å². The number of hydrogen-bond acceptors (Lipinski definition) is 2. The minimum absolute atomic E-state index is 0.178. The molecule has 0 aromatic heterocycles. The molecule has 0 saturated carbocycles. The van der Waals surface area contributed by atoms with Crippen molar-refractivity contribution in [3.05, 3.63) is 29.3 Å². The number of carbonyl (C=O) groups excluding carboxylic acids is 1. The van der Waals surface area contributed by atoms with Crippen molar-refractivity contribution < 1.29 is 4.79 Å². The summed E-state index contributed by atoms with van der Waals surface area (Å²) in [5.74, 6) is 0.178. The Morgan fingerprint density at radius 1 is 1.26 bits per heavy atom. The van der Waals surface area contributed by atoms with Crippen molar-refractivity contribution in [3.8, 4) is 0 Å². The van der Waals surface area contributed by atoms with Crippen molar-refractivity contribution in [2.24, 2.45) is 0 Å². The number of anilines is 1. The number of fused-ring (bicyclic) bond motifs is 1. The molecule has 0 unspecified atom stereocenters. The monoisotopic (exact) mass is 260 g/mol. The normalized spacial score (nSPS) is 13.6. The average molecular weight is 260 g/mol. The smallest absolute Gasteiger partial charge is 0.253 e. The first-order chi connectivity index (χ1) is 9.26. The molecule has 0 bridgehead atoms. The molecule has 3 heteroatoms. The van der Waals surface area contributed by atoms with Gasteiger partial charge >= 0.3 is 0 Å². The zero-order valence-corrected chi connectivity index (χ0v) is 12.0. The number of nitrogens with zero attached hydrogens (tertiary/aromatic N) is 1. The lowest BCUT2D eigenvalue weighted by Gasteiger charge is -2.23. The Balaban J connectivity index is 2.17. The van der Waals surface area contributed by atoms with E-state index in [2.05, 4.69) is 31.3 Å². The zero-order chi connectivity index (χ0) is 13.7. The molecule has 0 atom stereocenters. The predicted octanol–water partition coefficient (Wildman–Crippen LogP) is 3.31. The molecule has 0 radical (unpaired) electrons. The highest BCUT2D eigenvalue weighted by molar-refractivity contribution is 5.95. The van der Waals surface area contributed by atoms with Crippen molar-refractivity contribution in [2.45, 2.75) is 39.5 Å². The van der Waals surface area contributed by atoms with E-state index in [4.69, 9.17) is 0 Å². The van der Waals surface area contributed by atoms with Crippen molar-refractivity contribution in [1.82, 2.24) is 4.90 Å². The quantitative estimate of drug-likeness (QED) is 0.881. The first-order valence-corrected chi connectivity index (χ1v) is 7.42. The van der Waals surface area contributed by atoms with Crippen LogP contribution in [0.4, 0.5) is 5.69 Å². The topological polar surface area (TPSA) is 32.3 Å². The van der Waals surface area contributed by atoms with Gasteiger partial charge in [0.25, 0.3) is 5.91 Å². The number of hydrogen-bond donors (Lipinski definition) is 1. The molecule has 0 aliphatic carbocycles. The third-order valence-electron chi connectivity index (χ3n) is 3.56. The second-order valence-electron chi connectivity index (χ2n) is 5.19. The molecular weight excluding hydrogens is 236 g/mol. The molecule has 1 N–H and O–H groups in total. The third-order valence-corrected chi connectivity index (χ3v) is 3.56. The van der Waals surface area contributed by atoms with E-state index < -0.39 is 0 Å². The maximum atomic E-state index is 12.5. The molecule has 0 saturated heterocycles. The van der Waals surface area contributed by atoms with Crippen LogP contribution >= 0.6 is 0 Å². The SMILES string of the molecule is CCCN(CCC)C(=O)c1ccc2c(c1)CCCN2. The molecule has 1 aliphatic rings. The van der Waals surface area contributed by atoms with Crippen molar-refractivity contribution in [1.29, 1.82) is 0 Å².